The van der Waals surface area contributed by atoms with Crippen LogP contribution in [0.2, 0.25) is 5.02 Å². The van der Waals surface area contributed by atoms with E-state index in [-0.39, 0.29) is 16.3 Å². The number of ether oxygens (including phenoxy) is 1. The molecule has 0 aliphatic rings. The standard InChI is InChI=1S/C12H13ClFNO3/c1-12(2,3)18-11(17)15-10-7(6-16)8(13)4-5-9(10)14/h4-6H,1-3H3,(H,15,17). The summed E-state index contributed by atoms with van der Waals surface area (Å²) in [5, 5.41) is 2.23. The average molecular weight is 274 g/mol. The molecule has 1 amide bonds. The number of rotatable bonds is 2. The maximum atomic E-state index is 13.5. The zero-order valence-corrected chi connectivity index (χ0v) is 11.0. The van der Waals surface area contributed by atoms with Crippen LogP contribution in [0.1, 0.15) is 31.1 Å². The largest absolute Gasteiger partial charge is 0.444 e. The van der Waals surface area contributed by atoms with Crippen LogP contribution in [-0.2, 0) is 4.74 Å². The van der Waals surface area contributed by atoms with Crippen LogP contribution in [-0.4, -0.2) is 18.0 Å². The summed E-state index contributed by atoms with van der Waals surface area (Å²) in [6.45, 7) is 5.00. The van der Waals surface area contributed by atoms with Gasteiger partial charge in [-0.1, -0.05) is 11.6 Å². The molecule has 0 heterocycles. The highest BCUT2D eigenvalue weighted by atomic mass is 35.5. The molecule has 0 aliphatic heterocycles. The first-order chi connectivity index (χ1) is 8.24. The number of hydrogen-bond donors (Lipinski definition) is 1. The van der Waals surface area contributed by atoms with Gasteiger partial charge in [0.25, 0.3) is 0 Å². The van der Waals surface area contributed by atoms with E-state index in [2.05, 4.69) is 5.32 Å². The first kappa shape index (κ1) is 14.4. The van der Waals surface area contributed by atoms with Crippen molar-refractivity contribution >= 4 is 29.7 Å². The van der Waals surface area contributed by atoms with E-state index in [1.54, 1.807) is 20.8 Å². The lowest BCUT2D eigenvalue weighted by molar-refractivity contribution is 0.0635. The van der Waals surface area contributed by atoms with Crippen LogP contribution in [0, 0.1) is 5.82 Å². The predicted octanol–water partition coefficient (Wildman–Crippen LogP) is 3.64. The number of nitrogens with one attached hydrogen (secondary N) is 1. The highest BCUT2D eigenvalue weighted by molar-refractivity contribution is 6.33. The summed E-state index contributed by atoms with van der Waals surface area (Å²) in [6, 6.07) is 2.29. The molecule has 0 aromatic heterocycles. The molecule has 18 heavy (non-hydrogen) atoms. The Hall–Kier alpha value is -1.62. The first-order valence-corrected chi connectivity index (χ1v) is 5.55. The SMILES string of the molecule is CC(C)(C)OC(=O)Nc1c(F)ccc(Cl)c1C=O. The van der Waals surface area contributed by atoms with Gasteiger partial charge in [0.15, 0.2) is 6.29 Å². The lowest BCUT2D eigenvalue weighted by atomic mass is 10.2. The van der Waals surface area contributed by atoms with Gasteiger partial charge >= 0.3 is 6.09 Å². The molecule has 0 aliphatic carbocycles. The quantitative estimate of drug-likeness (QED) is 0.837. The lowest BCUT2D eigenvalue weighted by Gasteiger charge is -2.20. The van der Waals surface area contributed by atoms with Crippen molar-refractivity contribution in [1.82, 2.24) is 0 Å². The number of benzene rings is 1. The number of amides is 1. The minimum atomic E-state index is -0.855. The van der Waals surface area contributed by atoms with Crippen molar-refractivity contribution in [3.63, 3.8) is 0 Å². The van der Waals surface area contributed by atoms with E-state index in [0.29, 0.717) is 6.29 Å². The van der Waals surface area contributed by atoms with Crippen molar-refractivity contribution in [2.45, 2.75) is 26.4 Å². The fourth-order valence-electron chi connectivity index (χ4n) is 1.22. The van der Waals surface area contributed by atoms with Gasteiger partial charge in [-0.25, -0.2) is 9.18 Å². The maximum Gasteiger partial charge on any atom is 0.412 e. The molecular formula is C12H13ClFNO3. The Balaban J connectivity index is 3.01. The van der Waals surface area contributed by atoms with E-state index in [9.17, 15) is 14.0 Å². The molecule has 0 saturated carbocycles. The van der Waals surface area contributed by atoms with Crippen LogP contribution in [0.3, 0.4) is 0 Å². The smallest absolute Gasteiger partial charge is 0.412 e. The van der Waals surface area contributed by atoms with E-state index in [4.69, 9.17) is 16.3 Å². The number of aldehydes is 1. The van der Waals surface area contributed by atoms with Gasteiger partial charge in [0, 0.05) is 0 Å². The lowest BCUT2D eigenvalue weighted by Crippen LogP contribution is -2.27. The molecule has 0 bridgehead atoms. The van der Waals surface area contributed by atoms with Crippen molar-refractivity contribution in [3.8, 4) is 0 Å². The van der Waals surface area contributed by atoms with Gasteiger partial charge in [-0.05, 0) is 32.9 Å². The van der Waals surface area contributed by atoms with Crippen LogP contribution >= 0.6 is 11.6 Å². The third kappa shape index (κ3) is 3.70. The fraction of sp³-hybridized carbons (Fsp3) is 0.333. The second kappa shape index (κ2) is 5.35. The molecule has 0 spiro atoms. The Bertz CT molecular complexity index is 483. The van der Waals surface area contributed by atoms with Crippen molar-refractivity contribution in [3.05, 3.63) is 28.5 Å². The van der Waals surface area contributed by atoms with E-state index in [1.165, 1.54) is 6.07 Å². The Morgan fingerprint density at radius 3 is 2.56 bits per heavy atom. The molecule has 0 unspecified atom stereocenters. The summed E-state index contributed by atoms with van der Waals surface area (Å²) < 4.78 is 18.5. The fourth-order valence-corrected chi connectivity index (χ4v) is 1.42. The van der Waals surface area contributed by atoms with Crippen LogP contribution in [0.5, 0.6) is 0 Å². The van der Waals surface area contributed by atoms with Crippen molar-refractivity contribution in [2.75, 3.05) is 5.32 Å². The van der Waals surface area contributed by atoms with Crippen LogP contribution in [0.15, 0.2) is 12.1 Å². The van der Waals surface area contributed by atoms with Gasteiger partial charge in [-0.3, -0.25) is 10.1 Å². The first-order valence-electron chi connectivity index (χ1n) is 5.18. The summed E-state index contributed by atoms with van der Waals surface area (Å²) in [4.78, 5) is 22.3. The Morgan fingerprint density at radius 1 is 1.44 bits per heavy atom. The van der Waals surface area contributed by atoms with Crippen LogP contribution in [0.25, 0.3) is 0 Å². The molecule has 4 nitrogen and oxygen atoms in total. The molecule has 0 radical (unpaired) electrons. The summed E-state index contributed by atoms with van der Waals surface area (Å²) in [6.07, 6.45) is -0.482. The second-order valence-corrected chi connectivity index (χ2v) is 4.97. The molecule has 6 heteroatoms. The van der Waals surface area contributed by atoms with Crippen LogP contribution < -0.4 is 5.32 Å². The number of hydrogen-bond acceptors (Lipinski definition) is 3. The summed E-state index contributed by atoms with van der Waals surface area (Å²) in [7, 11) is 0. The summed E-state index contributed by atoms with van der Waals surface area (Å²) in [5.74, 6) is -0.757. The van der Waals surface area contributed by atoms with Gasteiger partial charge in [-0.15, -0.1) is 0 Å². The van der Waals surface area contributed by atoms with Gasteiger partial charge in [0.1, 0.15) is 11.4 Å². The third-order valence-electron chi connectivity index (χ3n) is 1.89. The van der Waals surface area contributed by atoms with Crippen molar-refractivity contribution < 1.29 is 18.7 Å². The highest BCUT2D eigenvalue weighted by Crippen LogP contribution is 2.26. The minimum absolute atomic E-state index is 0.0532. The number of anilines is 1. The second-order valence-electron chi connectivity index (χ2n) is 4.56. The number of carbonyl (C=O) groups excluding carboxylic acids is 2. The minimum Gasteiger partial charge on any atom is -0.444 e. The highest BCUT2D eigenvalue weighted by Gasteiger charge is 2.20. The molecular weight excluding hydrogens is 261 g/mol. The van der Waals surface area contributed by atoms with Crippen LogP contribution in [0.4, 0.5) is 14.9 Å². The summed E-state index contributed by atoms with van der Waals surface area (Å²) >= 11 is 5.73. The van der Waals surface area contributed by atoms with Crippen molar-refractivity contribution in [1.29, 1.82) is 0 Å². The number of halogens is 2. The molecule has 1 rings (SSSR count). The Morgan fingerprint density at radius 2 is 2.06 bits per heavy atom. The summed E-state index contributed by atoms with van der Waals surface area (Å²) in [5.41, 5.74) is -1.13. The topological polar surface area (TPSA) is 55.4 Å². The molecule has 1 N–H and O–H groups in total. The third-order valence-corrected chi connectivity index (χ3v) is 2.21. The Kier molecular flexibility index (Phi) is 4.29. The van der Waals surface area contributed by atoms with E-state index in [0.717, 1.165) is 6.07 Å². The van der Waals surface area contributed by atoms with Gasteiger partial charge in [0.2, 0.25) is 0 Å². The molecule has 1 aromatic rings. The monoisotopic (exact) mass is 273 g/mol. The molecule has 0 atom stereocenters. The maximum absolute atomic E-state index is 13.5. The van der Waals surface area contributed by atoms with E-state index >= 15 is 0 Å². The Labute approximate surface area is 109 Å². The molecule has 1 aromatic carbocycles. The van der Waals surface area contributed by atoms with Gasteiger partial charge < -0.3 is 4.74 Å². The zero-order chi connectivity index (χ0) is 13.9. The molecule has 98 valence electrons. The van der Waals surface area contributed by atoms with E-state index in [1.807, 2.05) is 0 Å². The molecule has 0 fully saturated rings. The average Bonchev–Trinajstić information content (AvgIpc) is 2.21. The van der Waals surface area contributed by atoms with Gasteiger partial charge in [0.05, 0.1) is 16.3 Å². The molecule has 0 saturated heterocycles. The predicted molar refractivity (Wildman–Crippen MR) is 66.7 cm³/mol. The zero-order valence-electron chi connectivity index (χ0n) is 10.2. The van der Waals surface area contributed by atoms with E-state index < -0.39 is 17.5 Å². The number of carbonyl (C=O) groups is 2. The normalized spacial score (nSPS) is 10.9. The van der Waals surface area contributed by atoms with Gasteiger partial charge in [-0.2, -0.15) is 0 Å². The van der Waals surface area contributed by atoms with Crippen molar-refractivity contribution in [2.24, 2.45) is 0 Å².